The van der Waals surface area contributed by atoms with Gasteiger partial charge >= 0.3 is 12.1 Å². The predicted molar refractivity (Wildman–Crippen MR) is 174 cm³/mol. The summed E-state index contributed by atoms with van der Waals surface area (Å²) < 4.78 is 5.25. The minimum absolute atomic E-state index is 0.00723. The largest absolute Gasteiger partial charge is 0.480 e. The van der Waals surface area contributed by atoms with Crippen LogP contribution >= 0.6 is 23.6 Å². The van der Waals surface area contributed by atoms with E-state index in [9.17, 15) is 29.1 Å². The normalized spacial score (nSPS) is 15.1. The second-order valence-electron chi connectivity index (χ2n) is 12.8. The van der Waals surface area contributed by atoms with Gasteiger partial charge in [0.1, 0.15) is 17.2 Å². The molecule has 1 fully saturated rings. The summed E-state index contributed by atoms with van der Waals surface area (Å²) in [4.78, 5) is 64.5. The third-order valence-corrected chi connectivity index (χ3v) is 8.43. The molecular formula is C31H48N4O7S2. The molecule has 44 heavy (non-hydrogen) atoms. The summed E-state index contributed by atoms with van der Waals surface area (Å²) in [7, 11) is 0. The number of hydrogen-bond acceptors (Lipinski definition) is 8. The first kappa shape index (κ1) is 37.1. The summed E-state index contributed by atoms with van der Waals surface area (Å²) in [5, 5.41) is 22.5. The lowest BCUT2D eigenvalue weighted by Crippen LogP contribution is -2.53. The smallest absolute Gasteiger partial charge is 0.407 e. The minimum Gasteiger partial charge on any atom is -0.480 e. The van der Waals surface area contributed by atoms with E-state index in [1.807, 2.05) is 17.5 Å². The van der Waals surface area contributed by atoms with Crippen LogP contribution in [0, 0.1) is 5.92 Å². The Labute approximate surface area is 269 Å². The van der Waals surface area contributed by atoms with Crippen LogP contribution < -0.4 is 21.3 Å². The predicted octanol–water partition coefficient (Wildman–Crippen LogP) is 4.27. The van der Waals surface area contributed by atoms with Gasteiger partial charge in [0.15, 0.2) is 5.78 Å². The zero-order valence-electron chi connectivity index (χ0n) is 26.5. The van der Waals surface area contributed by atoms with Crippen LogP contribution in [0.4, 0.5) is 4.79 Å². The van der Waals surface area contributed by atoms with Gasteiger partial charge in [-0.25, -0.2) is 9.59 Å². The number of carboxylic acids is 1. The lowest BCUT2D eigenvalue weighted by Gasteiger charge is -2.25. The standard InChI is InChI=1S/C31H48N4O7S2/c1-30(2,3)42-29(41)32-17-9-8-14-22(33-26(37)20-11-6-7-12-20)27(38)34-23(19-21-13-10-18-44-21)24(36)15-16-25(43)35-31(4,5)28(39)40/h10,13,18,20,22-23H,6-9,11-12,14-17,19H2,1-5H3,(H,32,41)(H,33,37)(H,34,38)(H,35,43)(H,39,40)/t22-,23-/m0/s1. The molecule has 1 saturated carbocycles. The van der Waals surface area contributed by atoms with E-state index in [1.165, 1.54) is 25.2 Å². The SMILES string of the molecule is CC(C)(C)OC(=O)NCCCC[C@H](NC(=O)C1CCCC1)C(=O)N[C@@H](Cc1cccs1)C(=O)CCC(=S)NC(C)(C)C(=O)O. The Morgan fingerprint density at radius 3 is 2.30 bits per heavy atom. The van der Waals surface area contributed by atoms with E-state index in [4.69, 9.17) is 17.0 Å². The first-order valence-corrected chi connectivity index (χ1v) is 16.5. The number of amides is 3. The van der Waals surface area contributed by atoms with E-state index in [2.05, 4.69) is 21.3 Å². The number of ketones is 1. The number of thiocarbonyl (C=S) groups is 1. The minimum atomic E-state index is -1.28. The van der Waals surface area contributed by atoms with Gasteiger partial charge in [-0.15, -0.1) is 11.3 Å². The molecular weight excluding hydrogens is 604 g/mol. The second-order valence-corrected chi connectivity index (χ2v) is 14.3. The van der Waals surface area contributed by atoms with Crippen molar-refractivity contribution in [3.8, 4) is 0 Å². The summed E-state index contributed by atoms with van der Waals surface area (Å²) in [5.41, 5.74) is -1.89. The highest BCUT2D eigenvalue weighted by Gasteiger charge is 2.31. The maximum atomic E-state index is 13.6. The van der Waals surface area contributed by atoms with Crippen LogP contribution in [0.25, 0.3) is 0 Å². The molecule has 0 aromatic carbocycles. The molecule has 1 aromatic heterocycles. The number of rotatable bonds is 17. The fourth-order valence-electron chi connectivity index (χ4n) is 4.75. The molecule has 11 nitrogen and oxygen atoms in total. The number of aliphatic carboxylic acids is 1. The number of carbonyl (C=O) groups is 5. The van der Waals surface area contributed by atoms with E-state index in [-0.39, 0.29) is 41.9 Å². The van der Waals surface area contributed by atoms with Crippen molar-refractivity contribution in [3.63, 3.8) is 0 Å². The molecule has 2 rings (SSSR count). The first-order valence-electron chi connectivity index (χ1n) is 15.2. The summed E-state index contributed by atoms with van der Waals surface area (Å²) >= 11 is 6.76. The van der Waals surface area contributed by atoms with Crippen molar-refractivity contribution in [2.75, 3.05) is 6.54 Å². The highest BCUT2D eigenvalue weighted by atomic mass is 32.1. The molecule has 1 aromatic rings. The molecule has 1 aliphatic rings. The number of thiophene rings is 1. The average molecular weight is 653 g/mol. The maximum Gasteiger partial charge on any atom is 0.407 e. The van der Waals surface area contributed by atoms with Crippen LogP contribution in [0.5, 0.6) is 0 Å². The molecule has 0 saturated heterocycles. The van der Waals surface area contributed by atoms with Crippen LogP contribution in [0.15, 0.2) is 17.5 Å². The van der Waals surface area contributed by atoms with Crippen LogP contribution in [0.2, 0.25) is 0 Å². The van der Waals surface area contributed by atoms with Crippen molar-refractivity contribution in [2.45, 2.75) is 122 Å². The molecule has 0 bridgehead atoms. The Balaban J connectivity index is 2.06. The van der Waals surface area contributed by atoms with E-state index in [1.54, 1.807) is 20.8 Å². The van der Waals surface area contributed by atoms with Gasteiger partial charge in [0, 0.05) is 36.6 Å². The number of ether oxygens (including phenoxy) is 1. The second kappa shape index (κ2) is 17.4. The van der Waals surface area contributed by atoms with Crippen LogP contribution in [-0.4, -0.2) is 69.5 Å². The maximum absolute atomic E-state index is 13.6. The zero-order valence-corrected chi connectivity index (χ0v) is 28.1. The van der Waals surface area contributed by atoms with Gasteiger partial charge in [-0.3, -0.25) is 14.4 Å². The number of carboxylic acid groups (broad SMARTS) is 1. The van der Waals surface area contributed by atoms with Crippen molar-refractivity contribution in [1.82, 2.24) is 21.3 Å². The molecule has 3 amide bonds. The molecule has 13 heteroatoms. The van der Waals surface area contributed by atoms with Gasteiger partial charge in [0.25, 0.3) is 0 Å². The fraction of sp³-hybridized carbons (Fsp3) is 0.677. The zero-order chi connectivity index (χ0) is 32.9. The number of Topliss-reactive ketones (excluding diaryl/α,β-unsaturated/α-hetero) is 1. The third kappa shape index (κ3) is 13.7. The highest BCUT2D eigenvalue weighted by molar-refractivity contribution is 7.80. The topological polar surface area (TPSA) is 163 Å². The molecule has 0 spiro atoms. The molecule has 246 valence electrons. The van der Waals surface area contributed by atoms with E-state index in [0.29, 0.717) is 25.8 Å². The van der Waals surface area contributed by atoms with Crippen LogP contribution in [0.3, 0.4) is 0 Å². The van der Waals surface area contributed by atoms with Crippen LogP contribution in [-0.2, 0) is 30.3 Å². The lowest BCUT2D eigenvalue weighted by molar-refractivity contribution is -0.142. The lowest BCUT2D eigenvalue weighted by atomic mass is 10.0. The Morgan fingerprint density at radius 1 is 1.02 bits per heavy atom. The van der Waals surface area contributed by atoms with Gasteiger partial charge < -0.3 is 31.1 Å². The summed E-state index contributed by atoms with van der Waals surface area (Å²) in [5.74, 6) is -2.05. The van der Waals surface area contributed by atoms with E-state index in [0.717, 1.165) is 30.6 Å². The fourth-order valence-corrected chi connectivity index (χ4v) is 5.86. The molecule has 1 aliphatic carbocycles. The third-order valence-electron chi connectivity index (χ3n) is 7.22. The first-order chi connectivity index (χ1) is 20.6. The van der Waals surface area contributed by atoms with E-state index < -0.39 is 41.2 Å². The Hall–Kier alpha value is -3.06. The van der Waals surface area contributed by atoms with Gasteiger partial charge in [-0.2, -0.15) is 0 Å². The summed E-state index contributed by atoms with van der Waals surface area (Å²) in [6, 6.07) is 2.06. The summed E-state index contributed by atoms with van der Waals surface area (Å²) in [6.45, 7) is 8.67. The van der Waals surface area contributed by atoms with Crippen molar-refractivity contribution >= 4 is 58.2 Å². The Kier molecular flexibility index (Phi) is 14.7. The number of carbonyl (C=O) groups excluding carboxylic acids is 4. The average Bonchev–Trinajstić information content (AvgIpc) is 3.64. The highest BCUT2D eigenvalue weighted by Crippen LogP contribution is 2.25. The van der Waals surface area contributed by atoms with Crippen LogP contribution in [0.1, 0.15) is 97.3 Å². The van der Waals surface area contributed by atoms with Crippen molar-refractivity contribution in [1.29, 1.82) is 0 Å². The molecule has 0 aliphatic heterocycles. The Bertz CT molecular complexity index is 1140. The van der Waals surface area contributed by atoms with Gasteiger partial charge in [0.2, 0.25) is 11.8 Å². The van der Waals surface area contributed by atoms with Crippen molar-refractivity contribution < 1.29 is 33.8 Å². The molecule has 2 atom stereocenters. The molecule has 0 unspecified atom stereocenters. The molecule has 5 N–H and O–H groups in total. The van der Waals surface area contributed by atoms with Crippen molar-refractivity contribution in [3.05, 3.63) is 22.4 Å². The Morgan fingerprint density at radius 2 is 1.70 bits per heavy atom. The molecule has 0 radical (unpaired) electrons. The van der Waals surface area contributed by atoms with Crippen molar-refractivity contribution in [2.24, 2.45) is 5.92 Å². The number of hydrogen-bond donors (Lipinski definition) is 5. The van der Waals surface area contributed by atoms with E-state index >= 15 is 0 Å². The monoisotopic (exact) mass is 652 g/mol. The summed E-state index contributed by atoms with van der Waals surface area (Å²) in [6.07, 6.45) is 4.87. The molecule has 1 heterocycles. The number of nitrogens with one attached hydrogen (secondary N) is 4. The van der Waals surface area contributed by atoms with Gasteiger partial charge in [-0.05, 0) is 78.2 Å². The van der Waals surface area contributed by atoms with Gasteiger partial charge in [-0.1, -0.05) is 31.1 Å². The van der Waals surface area contributed by atoms with Gasteiger partial charge in [0.05, 0.1) is 11.0 Å². The number of unbranched alkanes of at least 4 members (excludes halogenated alkanes) is 1. The quantitative estimate of drug-likeness (QED) is 0.122. The number of alkyl carbamates (subject to hydrolysis) is 1.